The van der Waals surface area contributed by atoms with Crippen molar-refractivity contribution in [2.45, 2.75) is 39.3 Å². The molecule has 3 heteroatoms. The summed E-state index contributed by atoms with van der Waals surface area (Å²) in [5, 5.41) is 3.67. The van der Waals surface area contributed by atoms with Gasteiger partial charge < -0.3 is 5.32 Å². The van der Waals surface area contributed by atoms with Gasteiger partial charge in [-0.15, -0.1) is 11.3 Å². The second kappa shape index (κ2) is 6.69. The summed E-state index contributed by atoms with van der Waals surface area (Å²) >= 11 is 5.53. The van der Waals surface area contributed by atoms with Gasteiger partial charge in [0.1, 0.15) is 0 Å². The fraction of sp³-hybridized carbons (Fsp3) is 0.375. The third-order valence-electron chi connectivity index (χ3n) is 3.33. The van der Waals surface area contributed by atoms with E-state index in [1.165, 1.54) is 19.8 Å². The van der Waals surface area contributed by atoms with Crippen LogP contribution >= 0.6 is 27.3 Å². The second-order valence-electron chi connectivity index (χ2n) is 4.79. The predicted molar refractivity (Wildman–Crippen MR) is 87.8 cm³/mol. The van der Waals surface area contributed by atoms with E-state index in [0.717, 1.165) is 6.42 Å². The molecule has 2 aromatic rings. The van der Waals surface area contributed by atoms with E-state index in [-0.39, 0.29) is 0 Å². The molecule has 1 aromatic carbocycles. The first-order valence-corrected chi connectivity index (χ1v) is 8.31. The van der Waals surface area contributed by atoms with Gasteiger partial charge in [0.05, 0.1) is 0 Å². The van der Waals surface area contributed by atoms with Crippen LogP contribution in [-0.2, 0) is 6.42 Å². The van der Waals surface area contributed by atoms with Gasteiger partial charge >= 0.3 is 0 Å². The first-order valence-electron chi connectivity index (χ1n) is 6.71. The number of rotatable bonds is 5. The van der Waals surface area contributed by atoms with Crippen molar-refractivity contribution in [3.05, 3.63) is 56.2 Å². The number of hydrogen-bond donors (Lipinski definition) is 1. The predicted octanol–water partition coefficient (Wildman–Crippen LogP) is 5.48. The average molecular weight is 338 g/mol. The summed E-state index contributed by atoms with van der Waals surface area (Å²) in [6.45, 7) is 6.65. The molecule has 0 aliphatic heterocycles. The quantitative estimate of drug-likeness (QED) is 0.761. The average Bonchev–Trinajstić information content (AvgIpc) is 2.88. The topological polar surface area (TPSA) is 12.0 Å². The summed E-state index contributed by atoms with van der Waals surface area (Å²) < 4.78 is 1.17. The van der Waals surface area contributed by atoms with Gasteiger partial charge in [0.15, 0.2) is 0 Å². The highest BCUT2D eigenvalue weighted by Gasteiger charge is 2.14. The monoisotopic (exact) mass is 337 g/mol. The molecule has 0 radical (unpaired) electrons. The Morgan fingerprint density at radius 1 is 1.11 bits per heavy atom. The Hall–Kier alpha value is -0.640. The zero-order valence-corrected chi connectivity index (χ0v) is 14.0. The van der Waals surface area contributed by atoms with Gasteiger partial charge in [-0.1, -0.05) is 41.1 Å². The lowest BCUT2D eigenvalue weighted by molar-refractivity contribution is 0.499. The van der Waals surface area contributed by atoms with E-state index in [0.29, 0.717) is 12.1 Å². The molecule has 0 bridgehead atoms. The third kappa shape index (κ3) is 3.68. The van der Waals surface area contributed by atoms with Crippen molar-refractivity contribution < 1.29 is 0 Å². The van der Waals surface area contributed by atoms with Crippen LogP contribution in [0.3, 0.4) is 0 Å². The Kier molecular flexibility index (Phi) is 5.20. The molecule has 2 atom stereocenters. The molecule has 0 fully saturated rings. The lowest BCUT2D eigenvalue weighted by atomic mass is 10.1. The van der Waals surface area contributed by atoms with E-state index in [1.807, 2.05) is 11.3 Å². The van der Waals surface area contributed by atoms with Crippen molar-refractivity contribution in [1.82, 2.24) is 5.32 Å². The molecule has 0 aliphatic carbocycles. The molecule has 1 nitrogen and oxygen atoms in total. The molecular formula is C16H20BrNS. The summed E-state index contributed by atoms with van der Waals surface area (Å²) in [7, 11) is 0. The summed E-state index contributed by atoms with van der Waals surface area (Å²) in [6, 6.07) is 13.6. The van der Waals surface area contributed by atoms with Gasteiger partial charge in [0.25, 0.3) is 0 Å². The van der Waals surface area contributed by atoms with Gasteiger partial charge in [-0.2, -0.15) is 0 Å². The maximum atomic E-state index is 3.67. The van der Waals surface area contributed by atoms with Crippen LogP contribution in [0.4, 0.5) is 0 Å². The minimum Gasteiger partial charge on any atom is -0.303 e. The van der Waals surface area contributed by atoms with Crippen molar-refractivity contribution >= 4 is 27.3 Å². The Morgan fingerprint density at radius 3 is 2.47 bits per heavy atom. The summed E-state index contributed by atoms with van der Waals surface area (Å²) in [4.78, 5) is 2.87. The van der Waals surface area contributed by atoms with E-state index in [1.54, 1.807) is 0 Å². The molecule has 1 N–H and O–H groups in total. The van der Waals surface area contributed by atoms with Gasteiger partial charge in [0.2, 0.25) is 0 Å². The van der Waals surface area contributed by atoms with Crippen LogP contribution in [0.25, 0.3) is 0 Å². The van der Waals surface area contributed by atoms with E-state index >= 15 is 0 Å². The largest absolute Gasteiger partial charge is 0.303 e. The highest BCUT2D eigenvalue weighted by molar-refractivity contribution is 9.10. The molecule has 102 valence electrons. The Bertz CT molecular complexity index is 535. The smallest absolute Gasteiger partial charge is 0.0391 e. The number of thiophene rings is 1. The lowest BCUT2D eigenvalue weighted by Gasteiger charge is -2.20. The second-order valence-corrected chi connectivity index (χ2v) is 6.84. The van der Waals surface area contributed by atoms with E-state index in [9.17, 15) is 0 Å². The van der Waals surface area contributed by atoms with Gasteiger partial charge in [-0.25, -0.2) is 0 Å². The molecule has 0 amide bonds. The normalized spacial score (nSPS) is 14.3. The number of aryl methyl sites for hydroxylation is 1. The maximum Gasteiger partial charge on any atom is 0.0391 e. The van der Waals surface area contributed by atoms with Crippen molar-refractivity contribution in [3.63, 3.8) is 0 Å². The van der Waals surface area contributed by atoms with E-state index in [2.05, 4.69) is 78.4 Å². The first-order chi connectivity index (χ1) is 9.11. The summed E-state index contributed by atoms with van der Waals surface area (Å²) in [5.41, 5.74) is 1.31. The van der Waals surface area contributed by atoms with Crippen LogP contribution < -0.4 is 5.32 Å². The highest BCUT2D eigenvalue weighted by Crippen LogP contribution is 2.28. The molecule has 0 aliphatic rings. The molecule has 1 heterocycles. The minimum atomic E-state index is 0.331. The van der Waals surface area contributed by atoms with Gasteiger partial charge in [0, 0.05) is 26.3 Å². The molecular weight excluding hydrogens is 318 g/mol. The third-order valence-corrected chi connectivity index (χ3v) is 5.46. The SMILES string of the molecule is CCc1ccc(C(C)NC(C)c2ccccc2Br)s1. The summed E-state index contributed by atoms with van der Waals surface area (Å²) in [5.74, 6) is 0. The molecule has 19 heavy (non-hydrogen) atoms. The molecule has 1 aromatic heterocycles. The molecule has 2 unspecified atom stereocenters. The number of hydrogen-bond acceptors (Lipinski definition) is 2. The van der Waals surface area contributed by atoms with Crippen LogP contribution in [0, 0.1) is 0 Å². The van der Waals surface area contributed by atoms with Crippen LogP contribution in [0.1, 0.15) is 48.2 Å². The number of halogens is 1. The van der Waals surface area contributed by atoms with Crippen LogP contribution in [0.5, 0.6) is 0 Å². The zero-order chi connectivity index (χ0) is 13.8. The molecule has 0 spiro atoms. The first kappa shape index (κ1) is 14.8. The van der Waals surface area contributed by atoms with Gasteiger partial charge in [-0.3, -0.25) is 0 Å². The number of benzene rings is 1. The molecule has 0 saturated carbocycles. The molecule has 0 saturated heterocycles. The van der Waals surface area contributed by atoms with Crippen molar-refractivity contribution in [3.8, 4) is 0 Å². The number of nitrogens with one attached hydrogen (secondary N) is 1. The van der Waals surface area contributed by atoms with Crippen LogP contribution in [0.2, 0.25) is 0 Å². The fourth-order valence-electron chi connectivity index (χ4n) is 2.19. The van der Waals surface area contributed by atoms with Crippen LogP contribution in [-0.4, -0.2) is 0 Å². The van der Waals surface area contributed by atoms with Crippen LogP contribution in [0.15, 0.2) is 40.9 Å². The highest BCUT2D eigenvalue weighted by atomic mass is 79.9. The van der Waals surface area contributed by atoms with Crippen molar-refractivity contribution in [2.75, 3.05) is 0 Å². The summed E-state index contributed by atoms with van der Waals surface area (Å²) in [6.07, 6.45) is 1.12. The Labute approximate surface area is 128 Å². The van der Waals surface area contributed by atoms with Gasteiger partial charge in [-0.05, 0) is 44.0 Å². The zero-order valence-electron chi connectivity index (χ0n) is 11.6. The maximum absolute atomic E-state index is 3.67. The van der Waals surface area contributed by atoms with E-state index < -0.39 is 0 Å². The fourth-order valence-corrected chi connectivity index (χ4v) is 3.78. The Balaban J connectivity index is 2.06. The minimum absolute atomic E-state index is 0.331. The molecule has 2 rings (SSSR count). The van der Waals surface area contributed by atoms with Crippen molar-refractivity contribution in [2.24, 2.45) is 0 Å². The standard InChI is InChI=1S/C16H20BrNS/c1-4-13-9-10-16(19-13)12(3)18-11(2)14-7-5-6-8-15(14)17/h5-12,18H,4H2,1-3H3. The van der Waals surface area contributed by atoms with Crippen molar-refractivity contribution in [1.29, 1.82) is 0 Å². The lowest BCUT2D eigenvalue weighted by Crippen LogP contribution is -2.22. The Morgan fingerprint density at radius 2 is 1.84 bits per heavy atom. The van der Waals surface area contributed by atoms with E-state index in [4.69, 9.17) is 0 Å².